The van der Waals surface area contributed by atoms with Gasteiger partial charge >= 0.3 is 5.97 Å². The number of hydrogen-bond donors (Lipinski definition) is 0. The van der Waals surface area contributed by atoms with E-state index in [2.05, 4.69) is 0 Å². The van der Waals surface area contributed by atoms with Gasteiger partial charge in [0.25, 0.3) is 0 Å². The van der Waals surface area contributed by atoms with Crippen molar-refractivity contribution in [2.75, 3.05) is 18.6 Å². The second-order valence-electron chi connectivity index (χ2n) is 2.30. The number of hydrogen-bond acceptors (Lipinski definition) is 3. The molecule has 0 fully saturated rings. The highest BCUT2D eigenvalue weighted by Gasteiger charge is 2.06. The largest absolute Gasteiger partial charge is 0.461 e. The smallest absolute Gasteiger partial charge is 0.333 e. The van der Waals surface area contributed by atoms with Crippen LogP contribution < -0.4 is 0 Å². The van der Waals surface area contributed by atoms with Gasteiger partial charge in [-0.2, -0.15) is 11.8 Å². The van der Waals surface area contributed by atoms with Gasteiger partial charge < -0.3 is 4.74 Å². The van der Waals surface area contributed by atoms with Crippen LogP contribution in [0.4, 0.5) is 0 Å². The SMILES string of the molecule is C/C=C(\CC)C(=O)OCCSC. The number of ether oxygens (including phenoxy) is 1. The molecule has 0 heterocycles. The van der Waals surface area contributed by atoms with Gasteiger partial charge in [-0.15, -0.1) is 0 Å². The van der Waals surface area contributed by atoms with Gasteiger partial charge in [-0.25, -0.2) is 4.79 Å². The molecule has 0 aromatic carbocycles. The van der Waals surface area contributed by atoms with E-state index < -0.39 is 0 Å². The van der Waals surface area contributed by atoms with Crippen molar-refractivity contribution in [3.05, 3.63) is 11.6 Å². The van der Waals surface area contributed by atoms with E-state index in [1.807, 2.05) is 20.1 Å². The third-order valence-electron chi connectivity index (χ3n) is 1.51. The zero-order valence-electron chi connectivity index (χ0n) is 7.92. The highest BCUT2D eigenvalue weighted by molar-refractivity contribution is 7.98. The van der Waals surface area contributed by atoms with Crippen molar-refractivity contribution in [1.29, 1.82) is 0 Å². The van der Waals surface area contributed by atoms with Crippen LogP contribution in [-0.4, -0.2) is 24.6 Å². The molecule has 0 aliphatic carbocycles. The van der Waals surface area contributed by atoms with Gasteiger partial charge in [0.1, 0.15) is 6.61 Å². The first kappa shape index (κ1) is 11.6. The molecule has 0 atom stereocenters. The summed E-state index contributed by atoms with van der Waals surface area (Å²) in [6, 6.07) is 0. The predicted molar refractivity (Wildman–Crippen MR) is 53.4 cm³/mol. The maximum absolute atomic E-state index is 11.2. The second-order valence-corrected chi connectivity index (χ2v) is 3.28. The number of esters is 1. The summed E-state index contributed by atoms with van der Waals surface area (Å²) < 4.78 is 5.00. The van der Waals surface area contributed by atoms with Crippen LogP contribution in [-0.2, 0) is 9.53 Å². The lowest BCUT2D eigenvalue weighted by molar-refractivity contribution is -0.138. The molecule has 0 radical (unpaired) electrons. The molecule has 2 nitrogen and oxygen atoms in total. The molecule has 0 amide bonds. The van der Waals surface area contributed by atoms with Gasteiger partial charge in [0, 0.05) is 11.3 Å². The van der Waals surface area contributed by atoms with Gasteiger partial charge in [0.2, 0.25) is 0 Å². The molecular formula is C9H16O2S. The van der Waals surface area contributed by atoms with Crippen molar-refractivity contribution in [2.45, 2.75) is 20.3 Å². The van der Waals surface area contributed by atoms with Gasteiger partial charge in [0.15, 0.2) is 0 Å². The fourth-order valence-corrected chi connectivity index (χ4v) is 1.03. The fraction of sp³-hybridized carbons (Fsp3) is 0.667. The highest BCUT2D eigenvalue weighted by Crippen LogP contribution is 2.03. The minimum atomic E-state index is -0.172. The minimum Gasteiger partial charge on any atom is -0.461 e. The Kier molecular flexibility index (Phi) is 6.96. The molecule has 0 spiro atoms. The summed E-state index contributed by atoms with van der Waals surface area (Å²) in [6.45, 7) is 4.32. The third-order valence-corrected chi connectivity index (χ3v) is 2.09. The van der Waals surface area contributed by atoms with Crippen LogP contribution in [0.1, 0.15) is 20.3 Å². The Bertz CT molecular complexity index is 164. The first-order valence-electron chi connectivity index (χ1n) is 4.07. The Balaban J connectivity index is 3.71. The lowest BCUT2D eigenvalue weighted by Gasteiger charge is -2.04. The monoisotopic (exact) mass is 188 g/mol. The summed E-state index contributed by atoms with van der Waals surface area (Å²) >= 11 is 1.67. The summed E-state index contributed by atoms with van der Waals surface area (Å²) in [5.41, 5.74) is 0.760. The van der Waals surface area contributed by atoms with E-state index >= 15 is 0 Å². The average Bonchev–Trinajstić information content (AvgIpc) is 2.07. The van der Waals surface area contributed by atoms with E-state index in [0.717, 1.165) is 17.7 Å². The lowest BCUT2D eigenvalue weighted by Crippen LogP contribution is -2.09. The molecule has 0 rings (SSSR count). The Morgan fingerprint density at radius 3 is 2.67 bits per heavy atom. The molecule has 12 heavy (non-hydrogen) atoms. The zero-order chi connectivity index (χ0) is 9.40. The topological polar surface area (TPSA) is 26.3 Å². The average molecular weight is 188 g/mol. The van der Waals surface area contributed by atoms with Crippen LogP contribution in [0.3, 0.4) is 0 Å². The van der Waals surface area contributed by atoms with Crippen LogP contribution in [0.25, 0.3) is 0 Å². The van der Waals surface area contributed by atoms with Gasteiger partial charge in [-0.3, -0.25) is 0 Å². The molecule has 0 aliphatic heterocycles. The first-order chi connectivity index (χ1) is 5.76. The molecule has 0 aromatic heterocycles. The predicted octanol–water partition coefficient (Wildman–Crippen LogP) is 2.25. The van der Waals surface area contributed by atoms with Crippen LogP contribution in [0.2, 0.25) is 0 Å². The Morgan fingerprint density at radius 1 is 1.58 bits per heavy atom. The van der Waals surface area contributed by atoms with Crippen LogP contribution >= 0.6 is 11.8 Å². The van der Waals surface area contributed by atoms with Crippen molar-refractivity contribution in [2.24, 2.45) is 0 Å². The number of carbonyl (C=O) groups is 1. The van der Waals surface area contributed by atoms with Gasteiger partial charge in [-0.05, 0) is 19.6 Å². The molecule has 0 bridgehead atoms. The normalized spacial score (nSPS) is 11.4. The maximum atomic E-state index is 11.2. The highest BCUT2D eigenvalue weighted by atomic mass is 32.2. The quantitative estimate of drug-likeness (QED) is 0.376. The minimum absolute atomic E-state index is 0.172. The summed E-state index contributed by atoms with van der Waals surface area (Å²) in [5, 5.41) is 0. The maximum Gasteiger partial charge on any atom is 0.333 e. The van der Waals surface area contributed by atoms with Gasteiger partial charge in [0.05, 0.1) is 0 Å². The molecule has 0 saturated carbocycles. The van der Waals surface area contributed by atoms with Crippen molar-refractivity contribution < 1.29 is 9.53 Å². The van der Waals surface area contributed by atoms with E-state index in [9.17, 15) is 4.79 Å². The van der Waals surface area contributed by atoms with Crippen molar-refractivity contribution in [1.82, 2.24) is 0 Å². The first-order valence-corrected chi connectivity index (χ1v) is 5.46. The number of rotatable bonds is 5. The van der Waals surface area contributed by atoms with Crippen molar-refractivity contribution >= 4 is 17.7 Å². The van der Waals surface area contributed by atoms with E-state index in [1.54, 1.807) is 17.8 Å². The van der Waals surface area contributed by atoms with Crippen molar-refractivity contribution in [3.63, 3.8) is 0 Å². The third kappa shape index (κ3) is 4.44. The van der Waals surface area contributed by atoms with Crippen molar-refractivity contribution in [3.8, 4) is 0 Å². The van der Waals surface area contributed by atoms with E-state index in [1.165, 1.54) is 0 Å². The van der Waals surface area contributed by atoms with E-state index in [4.69, 9.17) is 4.74 Å². The standard InChI is InChI=1S/C9H16O2S/c1-4-8(5-2)9(10)11-6-7-12-3/h4H,5-7H2,1-3H3/b8-4+. The number of carbonyl (C=O) groups excluding carboxylic acids is 1. The zero-order valence-corrected chi connectivity index (χ0v) is 8.74. The summed E-state index contributed by atoms with van der Waals surface area (Å²) in [6.07, 6.45) is 4.54. The van der Waals surface area contributed by atoms with E-state index in [0.29, 0.717) is 6.61 Å². The second kappa shape index (κ2) is 7.22. The van der Waals surface area contributed by atoms with Crippen LogP contribution in [0.15, 0.2) is 11.6 Å². The van der Waals surface area contributed by atoms with Crippen LogP contribution in [0.5, 0.6) is 0 Å². The van der Waals surface area contributed by atoms with Gasteiger partial charge in [-0.1, -0.05) is 13.0 Å². The molecule has 0 unspecified atom stereocenters. The molecule has 3 heteroatoms. The Hall–Kier alpha value is -0.440. The number of allylic oxidation sites excluding steroid dienone is 1. The van der Waals surface area contributed by atoms with E-state index in [-0.39, 0.29) is 5.97 Å². The molecule has 0 aliphatic rings. The molecule has 0 N–H and O–H groups in total. The molecule has 0 saturated heterocycles. The summed E-state index contributed by atoms with van der Waals surface area (Å²) in [4.78, 5) is 11.2. The molecule has 70 valence electrons. The molecular weight excluding hydrogens is 172 g/mol. The summed E-state index contributed by atoms with van der Waals surface area (Å²) in [7, 11) is 0. The Morgan fingerprint density at radius 2 is 2.25 bits per heavy atom. The Labute approximate surface area is 78.4 Å². The summed E-state index contributed by atoms with van der Waals surface area (Å²) in [5.74, 6) is 0.695. The number of thioether (sulfide) groups is 1. The lowest BCUT2D eigenvalue weighted by atomic mass is 10.2. The van der Waals surface area contributed by atoms with Crippen LogP contribution in [0, 0.1) is 0 Å². The fourth-order valence-electron chi connectivity index (χ4n) is 0.777. The molecule has 0 aromatic rings.